The largest absolute Gasteiger partial charge is 0.221 e. The maximum atomic E-state index is 13.4. The van der Waals surface area contributed by atoms with Gasteiger partial charge in [-0.25, -0.2) is 13.1 Å². The molecule has 1 atom stereocenters. The van der Waals surface area contributed by atoms with Crippen molar-refractivity contribution in [2.24, 2.45) is 0 Å². The minimum Gasteiger partial charge on any atom is -0.221 e. The SMILES string of the molecule is O=S(=O)(c1ccccc1)C(c1ccccc1)n1nnc2ccccc21. The molecule has 0 saturated heterocycles. The fraction of sp³-hybridized carbons (Fsp3) is 0.0526. The van der Waals surface area contributed by atoms with Crippen LogP contribution in [0, 0.1) is 0 Å². The molecular weight excluding hydrogens is 334 g/mol. The minimum absolute atomic E-state index is 0.253. The molecule has 6 heteroatoms. The van der Waals surface area contributed by atoms with Crippen molar-refractivity contribution in [3.63, 3.8) is 0 Å². The van der Waals surface area contributed by atoms with Crippen LogP contribution in [0.4, 0.5) is 0 Å². The van der Waals surface area contributed by atoms with E-state index < -0.39 is 15.2 Å². The van der Waals surface area contributed by atoms with Gasteiger partial charge in [-0.3, -0.25) is 0 Å². The zero-order chi connectivity index (χ0) is 17.3. The summed E-state index contributed by atoms with van der Waals surface area (Å²) in [5.74, 6) is 0. The summed E-state index contributed by atoms with van der Waals surface area (Å²) in [4.78, 5) is 0.253. The maximum absolute atomic E-state index is 13.4. The second-order valence-corrected chi connectivity index (χ2v) is 7.65. The number of benzene rings is 3. The summed E-state index contributed by atoms with van der Waals surface area (Å²) in [6.45, 7) is 0. The molecule has 0 fully saturated rings. The van der Waals surface area contributed by atoms with Gasteiger partial charge in [0.05, 0.1) is 10.4 Å². The number of fused-ring (bicyclic) bond motifs is 1. The van der Waals surface area contributed by atoms with Crippen molar-refractivity contribution in [2.45, 2.75) is 10.3 Å². The van der Waals surface area contributed by atoms with Crippen LogP contribution in [0.3, 0.4) is 0 Å². The molecule has 0 aliphatic carbocycles. The fourth-order valence-corrected chi connectivity index (χ4v) is 4.60. The molecule has 0 spiro atoms. The Morgan fingerprint density at radius 2 is 1.36 bits per heavy atom. The molecule has 4 aromatic rings. The molecule has 0 aliphatic rings. The highest BCUT2D eigenvalue weighted by Crippen LogP contribution is 2.32. The lowest BCUT2D eigenvalue weighted by Crippen LogP contribution is -2.22. The lowest BCUT2D eigenvalue weighted by molar-refractivity contribution is 0.550. The fourth-order valence-electron chi connectivity index (χ4n) is 2.87. The molecule has 1 unspecified atom stereocenters. The summed E-state index contributed by atoms with van der Waals surface area (Å²) in [5, 5.41) is 7.29. The monoisotopic (exact) mass is 349 g/mol. The number of sulfone groups is 1. The maximum Gasteiger partial charge on any atom is 0.205 e. The van der Waals surface area contributed by atoms with Crippen LogP contribution in [0.2, 0.25) is 0 Å². The van der Waals surface area contributed by atoms with Gasteiger partial charge in [0.2, 0.25) is 9.84 Å². The Balaban J connectivity index is 1.98. The van der Waals surface area contributed by atoms with Crippen molar-refractivity contribution < 1.29 is 8.42 Å². The quantitative estimate of drug-likeness (QED) is 0.566. The Kier molecular flexibility index (Phi) is 3.82. The molecule has 0 radical (unpaired) electrons. The Bertz CT molecular complexity index is 1110. The molecule has 1 aromatic heterocycles. The highest BCUT2D eigenvalue weighted by atomic mass is 32.2. The summed E-state index contributed by atoms with van der Waals surface area (Å²) >= 11 is 0. The predicted octanol–water partition coefficient (Wildman–Crippen LogP) is 3.45. The molecule has 0 bridgehead atoms. The van der Waals surface area contributed by atoms with Crippen LogP contribution < -0.4 is 0 Å². The number of nitrogens with zero attached hydrogens (tertiary/aromatic N) is 3. The van der Waals surface area contributed by atoms with Crippen LogP contribution in [0.5, 0.6) is 0 Å². The molecular formula is C19H15N3O2S. The van der Waals surface area contributed by atoms with E-state index in [1.54, 1.807) is 42.5 Å². The van der Waals surface area contributed by atoms with E-state index in [0.717, 1.165) is 0 Å². The van der Waals surface area contributed by atoms with E-state index >= 15 is 0 Å². The van der Waals surface area contributed by atoms with E-state index in [9.17, 15) is 8.42 Å². The first kappa shape index (κ1) is 15.5. The number of rotatable bonds is 4. The van der Waals surface area contributed by atoms with Gasteiger partial charge in [-0.1, -0.05) is 65.9 Å². The van der Waals surface area contributed by atoms with Crippen molar-refractivity contribution in [2.75, 3.05) is 0 Å². The number of hydrogen-bond acceptors (Lipinski definition) is 4. The van der Waals surface area contributed by atoms with E-state index in [4.69, 9.17) is 0 Å². The lowest BCUT2D eigenvalue weighted by Gasteiger charge is -2.19. The summed E-state index contributed by atoms with van der Waals surface area (Å²) in [6, 6.07) is 24.9. The highest BCUT2D eigenvalue weighted by Gasteiger charge is 2.32. The average Bonchev–Trinajstić information content (AvgIpc) is 3.07. The topological polar surface area (TPSA) is 64.8 Å². The third-order valence-corrected chi connectivity index (χ3v) is 6.04. The second kappa shape index (κ2) is 6.14. The van der Waals surface area contributed by atoms with Gasteiger partial charge >= 0.3 is 0 Å². The third kappa shape index (κ3) is 2.70. The van der Waals surface area contributed by atoms with Crippen molar-refractivity contribution in [1.82, 2.24) is 15.0 Å². The number of aromatic nitrogens is 3. The molecule has 0 saturated carbocycles. The molecule has 4 rings (SSSR count). The van der Waals surface area contributed by atoms with Crippen LogP contribution in [0.1, 0.15) is 10.9 Å². The minimum atomic E-state index is -3.71. The molecule has 25 heavy (non-hydrogen) atoms. The zero-order valence-electron chi connectivity index (χ0n) is 13.2. The van der Waals surface area contributed by atoms with E-state index in [-0.39, 0.29) is 4.90 Å². The first-order chi connectivity index (χ1) is 12.2. The average molecular weight is 349 g/mol. The van der Waals surface area contributed by atoms with Crippen LogP contribution in [0.25, 0.3) is 11.0 Å². The van der Waals surface area contributed by atoms with Gasteiger partial charge in [0.25, 0.3) is 0 Å². The second-order valence-electron chi connectivity index (χ2n) is 5.64. The van der Waals surface area contributed by atoms with Gasteiger partial charge in [-0.2, -0.15) is 0 Å². The van der Waals surface area contributed by atoms with E-state index in [0.29, 0.717) is 16.6 Å². The summed E-state index contributed by atoms with van der Waals surface area (Å²) in [5.41, 5.74) is 1.98. The van der Waals surface area contributed by atoms with Crippen LogP contribution in [-0.4, -0.2) is 23.4 Å². The van der Waals surface area contributed by atoms with Crippen LogP contribution >= 0.6 is 0 Å². The Hall–Kier alpha value is -2.99. The molecule has 1 heterocycles. The Morgan fingerprint density at radius 3 is 2.08 bits per heavy atom. The highest BCUT2D eigenvalue weighted by molar-refractivity contribution is 7.91. The number of hydrogen-bond donors (Lipinski definition) is 0. The van der Waals surface area contributed by atoms with Crippen molar-refractivity contribution in [3.05, 3.63) is 90.5 Å². The van der Waals surface area contributed by atoms with Crippen molar-refractivity contribution >= 4 is 20.9 Å². The Morgan fingerprint density at radius 1 is 0.760 bits per heavy atom. The van der Waals surface area contributed by atoms with Gasteiger partial charge in [0.15, 0.2) is 5.37 Å². The van der Waals surface area contributed by atoms with Crippen LogP contribution in [0.15, 0.2) is 89.8 Å². The molecule has 0 amide bonds. The molecule has 3 aromatic carbocycles. The van der Waals surface area contributed by atoms with Crippen LogP contribution in [-0.2, 0) is 9.84 Å². The van der Waals surface area contributed by atoms with E-state index in [2.05, 4.69) is 10.3 Å². The first-order valence-corrected chi connectivity index (χ1v) is 9.36. The zero-order valence-corrected chi connectivity index (χ0v) is 14.0. The molecule has 0 N–H and O–H groups in total. The first-order valence-electron chi connectivity index (χ1n) is 7.82. The smallest absolute Gasteiger partial charge is 0.205 e. The molecule has 5 nitrogen and oxygen atoms in total. The lowest BCUT2D eigenvalue weighted by atomic mass is 10.2. The summed E-state index contributed by atoms with van der Waals surface area (Å²) in [6.07, 6.45) is 0. The normalized spacial score (nSPS) is 13.0. The van der Waals surface area contributed by atoms with Gasteiger partial charge in [-0.15, -0.1) is 5.10 Å². The summed E-state index contributed by atoms with van der Waals surface area (Å²) in [7, 11) is -3.71. The van der Waals surface area contributed by atoms with Gasteiger partial charge < -0.3 is 0 Å². The Labute approximate surface area is 145 Å². The van der Waals surface area contributed by atoms with Gasteiger partial charge in [0.1, 0.15) is 5.52 Å². The van der Waals surface area contributed by atoms with Crippen molar-refractivity contribution in [1.29, 1.82) is 0 Å². The number of para-hydroxylation sites is 1. The standard InChI is InChI=1S/C19H15N3O2S/c23-25(24,16-11-5-2-6-12-16)19(15-9-3-1-4-10-15)22-18-14-8-7-13-17(18)20-21-22/h1-14,19H. The van der Waals surface area contributed by atoms with E-state index in [1.807, 2.05) is 42.5 Å². The predicted molar refractivity (Wildman–Crippen MR) is 95.7 cm³/mol. The third-order valence-electron chi connectivity index (χ3n) is 4.05. The van der Waals surface area contributed by atoms with Crippen molar-refractivity contribution in [3.8, 4) is 0 Å². The van der Waals surface area contributed by atoms with E-state index in [1.165, 1.54) is 4.68 Å². The molecule has 0 aliphatic heterocycles. The van der Waals surface area contributed by atoms with Gasteiger partial charge in [0, 0.05) is 0 Å². The van der Waals surface area contributed by atoms with Gasteiger partial charge in [-0.05, 0) is 29.8 Å². The molecule has 124 valence electrons. The summed E-state index contributed by atoms with van der Waals surface area (Å²) < 4.78 is 28.3.